The molecule has 0 fully saturated rings. The van der Waals surface area contributed by atoms with Crippen LogP contribution in [0.15, 0.2) is 24.3 Å². The summed E-state index contributed by atoms with van der Waals surface area (Å²) in [7, 11) is 0. The molecule has 1 unspecified atom stereocenters. The Labute approximate surface area is 122 Å². The highest BCUT2D eigenvalue weighted by atomic mass is 16.1. The molecule has 0 spiro atoms. The SMILES string of the molecule is CC(C)CNC(=O)CNCC1CCCc2ccccc21. The first-order chi connectivity index (χ1) is 9.66. The molecular formula is C17H26N2O. The maximum absolute atomic E-state index is 11.7. The Morgan fingerprint density at radius 2 is 2.15 bits per heavy atom. The van der Waals surface area contributed by atoms with E-state index in [1.807, 2.05) is 0 Å². The van der Waals surface area contributed by atoms with Gasteiger partial charge in [0.05, 0.1) is 6.54 Å². The monoisotopic (exact) mass is 274 g/mol. The van der Waals surface area contributed by atoms with Crippen LogP contribution in [0.1, 0.15) is 43.7 Å². The number of hydrogen-bond donors (Lipinski definition) is 2. The van der Waals surface area contributed by atoms with Crippen molar-refractivity contribution in [1.82, 2.24) is 10.6 Å². The second-order valence-corrected chi connectivity index (χ2v) is 6.12. The lowest BCUT2D eigenvalue weighted by molar-refractivity contribution is -0.120. The molecule has 110 valence electrons. The van der Waals surface area contributed by atoms with Crippen LogP contribution >= 0.6 is 0 Å². The molecule has 1 atom stereocenters. The Kier molecular flexibility index (Phi) is 5.60. The molecule has 0 saturated carbocycles. The fourth-order valence-electron chi connectivity index (χ4n) is 2.81. The second-order valence-electron chi connectivity index (χ2n) is 6.12. The highest BCUT2D eigenvalue weighted by molar-refractivity contribution is 5.77. The van der Waals surface area contributed by atoms with E-state index in [9.17, 15) is 4.79 Å². The van der Waals surface area contributed by atoms with E-state index < -0.39 is 0 Å². The smallest absolute Gasteiger partial charge is 0.233 e. The second kappa shape index (κ2) is 7.44. The van der Waals surface area contributed by atoms with Gasteiger partial charge in [-0.1, -0.05) is 38.1 Å². The highest BCUT2D eigenvalue weighted by Gasteiger charge is 2.19. The molecule has 1 aromatic carbocycles. The third-order valence-electron chi connectivity index (χ3n) is 3.88. The summed E-state index contributed by atoms with van der Waals surface area (Å²) in [5, 5.41) is 6.25. The van der Waals surface area contributed by atoms with Crippen LogP contribution in [0.25, 0.3) is 0 Å². The van der Waals surface area contributed by atoms with Crippen LogP contribution in [0.3, 0.4) is 0 Å². The molecule has 1 aromatic rings. The number of amides is 1. The maximum Gasteiger partial charge on any atom is 0.233 e. The zero-order chi connectivity index (χ0) is 14.4. The Bertz CT molecular complexity index is 442. The summed E-state index contributed by atoms with van der Waals surface area (Å²) >= 11 is 0. The number of carbonyl (C=O) groups is 1. The molecule has 0 radical (unpaired) electrons. The zero-order valence-electron chi connectivity index (χ0n) is 12.6. The van der Waals surface area contributed by atoms with Gasteiger partial charge in [0.25, 0.3) is 0 Å². The van der Waals surface area contributed by atoms with Crippen molar-refractivity contribution in [2.45, 2.75) is 39.0 Å². The molecule has 2 N–H and O–H groups in total. The largest absolute Gasteiger partial charge is 0.355 e. The lowest BCUT2D eigenvalue weighted by Gasteiger charge is -2.25. The molecular weight excluding hydrogens is 248 g/mol. The summed E-state index contributed by atoms with van der Waals surface area (Å²) in [6.45, 7) is 6.28. The standard InChI is InChI=1S/C17H26N2O/c1-13(2)10-19-17(20)12-18-11-15-8-5-7-14-6-3-4-9-16(14)15/h3-4,6,9,13,15,18H,5,7-8,10-12H2,1-2H3,(H,19,20). The molecule has 0 aliphatic heterocycles. The van der Waals surface area contributed by atoms with Crippen LogP contribution in [0.4, 0.5) is 0 Å². The lowest BCUT2D eigenvalue weighted by atomic mass is 9.83. The van der Waals surface area contributed by atoms with Crippen LogP contribution in [-0.2, 0) is 11.2 Å². The minimum Gasteiger partial charge on any atom is -0.355 e. The van der Waals surface area contributed by atoms with Gasteiger partial charge in [-0.3, -0.25) is 4.79 Å². The summed E-state index contributed by atoms with van der Waals surface area (Å²) in [5.74, 6) is 1.16. The molecule has 1 amide bonds. The molecule has 20 heavy (non-hydrogen) atoms. The summed E-state index contributed by atoms with van der Waals surface area (Å²) < 4.78 is 0. The molecule has 0 aromatic heterocycles. The van der Waals surface area contributed by atoms with Crippen LogP contribution in [0.2, 0.25) is 0 Å². The molecule has 1 aliphatic carbocycles. The van der Waals surface area contributed by atoms with E-state index in [0.29, 0.717) is 18.4 Å². The Balaban J connectivity index is 1.77. The Morgan fingerprint density at radius 3 is 2.95 bits per heavy atom. The molecule has 3 nitrogen and oxygen atoms in total. The average Bonchev–Trinajstić information content (AvgIpc) is 2.45. The molecule has 0 bridgehead atoms. The highest BCUT2D eigenvalue weighted by Crippen LogP contribution is 2.30. The van der Waals surface area contributed by atoms with Crippen LogP contribution in [0.5, 0.6) is 0 Å². The fourth-order valence-corrected chi connectivity index (χ4v) is 2.81. The van der Waals surface area contributed by atoms with Crippen molar-refractivity contribution in [2.24, 2.45) is 5.92 Å². The van der Waals surface area contributed by atoms with Gasteiger partial charge in [0, 0.05) is 13.1 Å². The van der Waals surface area contributed by atoms with E-state index in [1.165, 1.54) is 30.4 Å². The lowest BCUT2D eigenvalue weighted by Crippen LogP contribution is -2.37. The third kappa shape index (κ3) is 4.34. The molecule has 2 rings (SSSR count). The van der Waals surface area contributed by atoms with Crippen molar-refractivity contribution in [1.29, 1.82) is 0 Å². The van der Waals surface area contributed by atoms with Crippen LogP contribution in [-0.4, -0.2) is 25.5 Å². The molecule has 1 aliphatic rings. The fraction of sp³-hybridized carbons (Fsp3) is 0.588. The Morgan fingerprint density at radius 1 is 1.35 bits per heavy atom. The molecule has 0 heterocycles. The first-order valence-corrected chi connectivity index (χ1v) is 7.72. The van der Waals surface area contributed by atoms with E-state index in [1.54, 1.807) is 0 Å². The van der Waals surface area contributed by atoms with E-state index >= 15 is 0 Å². The molecule has 3 heteroatoms. The van der Waals surface area contributed by atoms with Crippen molar-refractivity contribution < 1.29 is 4.79 Å². The van der Waals surface area contributed by atoms with Crippen molar-refractivity contribution in [2.75, 3.05) is 19.6 Å². The van der Waals surface area contributed by atoms with Gasteiger partial charge in [0.15, 0.2) is 0 Å². The van der Waals surface area contributed by atoms with Crippen molar-refractivity contribution in [3.63, 3.8) is 0 Å². The number of carbonyl (C=O) groups excluding carboxylic acids is 1. The van der Waals surface area contributed by atoms with Crippen molar-refractivity contribution in [3.05, 3.63) is 35.4 Å². The number of rotatable bonds is 6. The van der Waals surface area contributed by atoms with E-state index in [0.717, 1.165) is 13.1 Å². The minimum atomic E-state index is 0.0998. The first-order valence-electron chi connectivity index (χ1n) is 7.72. The average molecular weight is 274 g/mol. The first kappa shape index (κ1) is 15.0. The predicted molar refractivity (Wildman–Crippen MR) is 82.8 cm³/mol. The summed E-state index contributed by atoms with van der Waals surface area (Å²) in [5.41, 5.74) is 2.95. The van der Waals surface area contributed by atoms with Crippen molar-refractivity contribution in [3.8, 4) is 0 Å². The van der Waals surface area contributed by atoms with Gasteiger partial charge in [-0.25, -0.2) is 0 Å². The molecule has 0 saturated heterocycles. The maximum atomic E-state index is 11.7. The number of nitrogens with one attached hydrogen (secondary N) is 2. The van der Waals surface area contributed by atoms with Gasteiger partial charge in [0.1, 0.15) is 0 Å². The van der Waals surface area contributed by atoms with Crippen LogP contribution < -0.4 is 10.6 Å². The van der Waals surface area contributed by atoms with E-state index in [-0.39, 0.29) is 5.91 Å². The third-order valence-corrected chi connectivity index (χ3v) is 3.88. The van der Waals surface area contributed by atoms with E-state index in [4.69, 9.17) is 0 Å². The van der Waals surface area contributed by atoms with Crippen LogP contribution in [0, 0.1) is 5.92 Å². The minimum absolute atomic E-state index is 0.0998. The van der Waals surface area contributed by atoms with E-state index in [2.05, 4.69) is 48.7 Å². The van der Waals surface area contributed by atoms with Crippen molar-refractivity contribution >= 4 is 5.91 Å². The van der Waals surface area contributed by atoms with Gasteiger partial charge in [-0.05, 0) is 42.2 Å². The zero-order valence-corrected chi connectivity index (χ0v) is 12.6. The van der Waals surface area contributed by atoms with Gasteiger partial charge >= 0.3 is 0 Å². The Hall–Kier alpha value is -1.35. The normalized spacial score (nSPS) is 17.9. The van der Waals surface area contributed by atoms with Gasteiger partial charge in [-0.15, -0.1) is 0 Å². The number of hydrogen-bond acceptors (Lipinski definition) is 2. The summed E-state index contributed by atoms with van der Waals surface area (Å²) in [4.78, 5) is 11.7. The van der Waals surface area contributed by atoms with Gasteiger partial charge < -0.3 is 10.6 Å². The number of aryl methyl sites for hydroxylation is 1. The summed E-state index contributed by atoms with van der Waals surface area (Å²) in [6, 6.07) is 8.71. The topological polar surface area (TPSA) is 41.1 Å². The van der Waals surface area contributed by atoms with Gasteiger partial charge in [0.2, 0.25) is 5.91 Å². The number of benzene rings is 1. The summed E-state index contributed by atoms with van der Waals surface area (Å²) in [6.07, 6.45) is 3.67. The quantitative estimate of drug-likeness (QED) is 0.836. The predicted octanol–water partition coefficient (Wildman–Crippen LogP) is 2.47. The number of fused-ring (bicyclic) bond motifs is 1. The van der Waals surface area contributed by atoms with Gasteiger partial charge in [-0.2, -0.15) is 0 Å².